The Balaban J connectivity index is 1.99. The van der Waals surface area contributed by atoms with Gasteiger partial charge < -0.3 is 34.6 Å². The quantitative estimate of drug-likeness (QED) is 0.546. The average Bonchev–Trinajstić information content (AvgIpc) is 2.52. The van der Waals surface area contributed by atoms with Gasteiger partial charge in [-0.2, -0.15) is 0 Å². The fraction of sp³-hybridized carbons (Fsp3) is 0.500. The Hall–Kier alpha value is -1.87. The van der Waals surface area contributed by atoms with Gasteiger partial charge in [-0.3, -0.25) is 0 Å². The van der Waals surface area contributed by atoms with E-state index < -0.39 is 36.5 Å². The first-order valence-corrected chi connectivity index (χ1v) is 6.63. The van der Waals surface area contributed by atoms with Gasteiger partial charge in [0.2, 0.25) is 0 Å². The molecule has 0 unspecified atom stereocenters. The summed E-state index contributed by atoms with van der Waals surface area (Å²) in [6, 6.07) is 6.61. The van der Waals surface area contributed by atoms with Crippen molar-refractivity contribution in [3.05, 3.63) is 24.3 Å². The van der Waals surface area contributed by atoms with Crippen molar-refractivity contribution in [2.45, 2.75) is 30.5 Å². The Kier molecular flexibility index (Phi) is 5.19. The minimum atomic E-state index is -1.70. The highest BCUT2D eigenvalue weighted by Gasteiger charge is 2.47. The number of carbonyl (C=O) groups is 1. The lowest BCUT2D eigenvalue weighted by atomic mass is 9.95. The number of hydrogen-bond donors (Lipinski definition) is 4. The molecule has 5 atom stereocenters. The summed E-state index contributed by atoms with van der Waals surface area (Å²) < 4.78 is 15.5. The van der Waals surface area contributed by atoms with Crippen LogP contribution in [-0.2, 0) is 9.53 Å². The van der Waals surface area contributed by atoms with Crippen LogP contribution >= 0.6 is 0 Å². The van der Waals surface area contributed by atoms with E-state index >= 15 is 0 Å². The first-order chi connectivity index (χ1) is 10.4. The number of aliphatic hydroxyl groups excluding tert-OH is 3. The molecule has 0 radical (unpaired) electrons. The van der Waals surface area contributed by atoms with Crippen LogP contribution in [0.3, 0.4) is 0 Å². The molecule has 0 bridgehead atoms. The van der Waals surface area contributed by atoms with Crippen molar-refractivity contribution < 1.29 is 39.4 Å². The Morgan fingerprint density at radius 3 is 2.23 bits per heavy atom. The SMILES string of the molecule is COc1ccc(OC[C@@H]2O[C@H](C(=O)O)[C@@H](O)[C@H](O)[C@H]2O)cc1. The van der Waals surface area contributed by atoms with Crippen molar-refractivity contribution in [1.29, 1.82) is 0 Å². The molecule has 8 heteroatoms. The summed E-state index contributed by atoms with van der Waals surface area (Å²) in [5.41, 5.74) is 0. The van der Waals surface area contributed by atoms with Gasteiger partial charge in [0.1, 0.15) is 42.5 Å². The highest BCUT2D eigenvalue weighted by molar-refractivity contribution is 5.73. The molecule has 0 aliphatic carbocycles. The summed E-state index contributed by atoms with van der Waals surface area (Å²) >= 11 is 0. The lowest BCUT2D eigenvalue weighted by Gasteiger charge is -2.38. The van der Waals surface area contributed by atoms with Crippen LogP contribution in [0, 0.1) is 0 Å². The van der Waals surface area contributed by atoms with Crippen molar-refractivity contribution in [2.24, 2.45) is 0 Å². The average molecular weight is 314 g/mol. The fourth-order valence-corrected chi connectivity index (χ4v) is 2.14. The highest BCUT2D eigenvalue weighted by Crippen LogP contribution is 2.23. The van der Waals surface area contributed by atoms with Gasteiger partial charge in [0.05, 0.1) is 7.11 Å². The van der Waals surface area contributed by atoms with Gasteiger partial charge >= 0.3 is 5.97 Å². The van der Waals surface area contributed by atoms with E-state index in [4.69, 9.17) is 19.3 Å². The van der Waals surface area contributed by atoms with Crippen LogP contribution in [0.5, 0.6) is 11.5 Å². The minimum absolute atomic E-state index is 0.180. The van der Waals surface area contributed by atoms with E-state index in [1.807, 2.05) is 0 Å². The third-order valence-corrected chi connectivity index (χ3v) is 3.43. The van der Waals surface area contributed by atoms with Crippen molar-refractivity contribution in [2.75, 3.05) is 13.7 Å². The first kappa shape index (κ1) is 16.5. The topological polar surface area (TPSA) is 126 Å². The summed E-state index contributed by atoms with van der Waals surface area (Å²) in [5, 5.41) is 38.0. The van der Waals surface area contributed by atoms with Crippen LogP contribution in [0.2, 0.25) is 0 Å². The molecule has 1 saturated heterocycles. The number of benzene rings is 1. The number of rotatable bonds is 5. The normalized spacial score (nSPS) is 31.5. The molecule has 1 fully saturated rings. The molecule has 0 saturated carbocycles. The Labute approximate surface area is 126 Å². The van der Waals surface area contributed by atoms with Gasteiger partial charge in [-0.1, -0.05) is 0 Å². The number of aliphatic hydroxyl groups is 3. The summed E-state index contributed by atoms with van der Waals surface area (Å²) in [6.45, 7) is -0.180. The van der Waals surface area contributed by atoms with Gasteiger partial charge in [-0.05, 0) is 24.3 Å². The number of aliphatic carboxylic acids is 1. The second kappa shape index (κ2) is 6.93. The predicted octanol–water partition coefficient (Wildman–Crippen LogP) is -0.991. The van der Waals surface area contributed by atoms with E-state index in [0.29, 0.717) is 11.5 Å². The van der Waals surface area contributed by atoms with Crippen LogP contribution in [0.15, 0.2) is 24.3 Å². The summed E-state index contributed by atoms with van der Waals surface area (Å²) in [4.78, 5) is 11.0. The van der Waals surface area contributed by atoms with E-state index in [-0.39, 0.29) is 6.61 Å². The summed E-state index contributed by atoms with van der Waals surface area (Å²) in [7, 11) is 1.53. The molecule has 0 amide bonds. The van der Waals surface area contributed by atoms with Crippen molar-refractivity contribution in [3.8, 4) is 11.5 Å². The molecule has 1 heterocycles. The summed E-state index contributed by atoms with van der Waals surface area (Å²) in [6.07, 6.45) is -7.49. The van der Waals surface area contributed by atoms with E-state index in [9.17, 15) is 20.1 Å². The van der Waals surface area contributed by atoms with Crippen LogP contribution in [-0.4, -0.2) is 70.6 Å². The zero-order valence-corrected chi connectivity index (χ0v) is 11.8. The number of carboxylic acid groups (broad SMARTS) is 1. The smallest absolute Gasteiger partial charge is 0.335 e. The molecular weight excluding hydrogens is 296 g/mol. The molecule has 1 aliphatic rings. The molecule has 2 rings (SSSR count). The zero-order valence-electron chi connectivity index (χ0n) is 11.8. The molecular formula is C14H18O8. The van der Waals surface area contributed by atoms with Crippen molar-refractivity contribution in [1.82, 2.24) is 0 Å². The van der Waals surface area contributed by atoms with E-state index in [1.54, 1.807) is 24.3 Å². The Morgan fingerprint density at radius 2 is 1.68 bits per heavy atom. The molecule has 1 aromatic rings. The number of ether oxygens (including phenoxy) is 3. The molecule has 0 spiro atoms. The number of hydrogen-bond acceptors (Lipinski definition) is 7. The molecule has 122 valence electrons. The molecule has 8 nitrogen and oxygen atoms in total. The Bertz CT molecular complexity index is 502. The van der Waals surface area contributed by atoms with E-state index in [2.05, 4.69) is 0 Å². The lowest BCUT2D eigenvalue weighted by molar-refractivity contribution is -0.231. The molecule has 22 heavy (non-hydrogen) atoms. The second-order valence-electron chi connectivity index (χ2n) is 4.89. The monoisotopic (exact) mass is 314 g/mol. The molecule has 1 aliphatic heterocycles. The predicted molar refractivity (Wildman–Crippen MR) is 72.8 cm³/mol. The summed E-state index contributed by atoms with van der Waals surface area (Å²) in [5.74, 6) is -0.317. The molecule has 4 N–H and O–H groups in total. The maximum atomic E-state index is 11.0. The third kappa shape index (κ3) is 3.47. The van der Waals surface area contributed by atoms with Crippen LogP contribution in [0.4, 0.5) is 0 Å². The second-order valence-corrected chi connectivity index (χ2v) is 4.89. The Morgan fingerprint density at radius 1 is 1.09 bits per heavy atom. The maximum Gasteiger partial charge on any atom is 0.335 e. The third-order valence-electron chi connectivity index (χ3n) is 3.43. The largest absolute Gasteiger partial charge is 0.497 e. The van der Waals surface area contributed by atoms with Gasteiger partial charge in [0.25, 0.3) is 0 Å². The van der Waals surface area contributed by atoms with Gasteiger partial charge in [0, 0.05) is 0 Å². The fourth-order valence-electron chi connectivity index (χ4n) is 2.14. The van der Waals surface area contributed by atoms with Gasteiger partial charge in [-0.25, -0.2) is 4.79 Å². The maximum absolute atomic E-state index is 11.0. The van der Waals surface area contributed by atoms with Crippen LogP contribution in [0.1, 0.15) is 0 Å². The van der Waals surface area contributed by atoms with Crippen LogP contribution < -0.4 is 9.47 Å². The van der Waals surface area contributed by atoms with Crippen LogP contribution in [0.25, 0.3) is 0 Å². The zero-order chi connectivity index (χ0) is 16.3. The highest BCUT2D eigenvalue weighted by atomic mass is 16.6. The molecule has 1 aromatic carbocycles. The molecule has 0 aromatic heterocycles. The number of methoxy groups -OCH3 is 1. The van der Waals surface area contributed by atoms with E-state index in [0.717, 1.165) is 0 Å². The standard InChI is InChI=1S/C14H18O8/c1-20-7-2-4-8(5-3-7)21-6-9-10(15)11(16)12(17)13(22-9)14(18)19/h2-5,9-13,15-17H,6H2,1H3,(H,18,19)/t9-,10-,11+,12-,13-/m0/s1. The lowest BCUT2D eigenvalue weighted by Crippen LogP contribution is -2.61. The van der Waals surface area contributed by atoms with Crippen molar-refractivity contribution >= 4 is 5.97 Å². The van der Waals surface area contributed by atoms with Gasteiger partial charge in [0.15, 0.2) is 6.10 Å². The van der Waals surface area contributed by atoms with E-state index in [1.165, 1.54) is 7.11 Å². The number of carboxylic acids is 1. The van der Waals surface area contributed by atoms with Gasteiger partial charge in [-0.15, -0.1) is 0 Å². The minimum Gasteiger partial charge on any atom is -0.497 e. The first-order valence-electron chi connectivity index (χ1n) is 6.63. The van der Waals surface area contributed by atoms with Crippen molar-refractivity contribution in [3.63, 3.8) is 0 Å².